The van der Waals surface area contributed by atoms with Gasteiger partial charge in [0.15, 0.2) is 5.58 Å². The van der Waals surface area contributed by atoms with Gasteiger partial charge in [-0.15, -0.1) is 0 Å². The first-order valence-electron chi connectivity index (χ1n) is 11.6. The zero-order valence-corrected chi connectivity index (χ0v) is 18.1. The number of fused-ring (bicyclic) bond motifs is 1. The first kappa shape index (κ1) is 21.0. The van der Waals surface area contributed by atoms with Gasteiger partial charge in [0.2, 0.25) is 0 Å². The number of likely N-dealkylation sites (tertiary alicyclic amines) is 1. The van der Waals surface area contributed by atoms with Crippen molar-refractivity contribution in [3.8, 4) is 11.6 Å². The summed E-state index contributed by atoms with van der Waals surface area (Å²) < 4.78 is 23.2. The fraction of sp³-hybridized carbons (Fsp3) is 0.696. The van der Waals surface area contributed by atoms with Crippen LogP contribution in [0.2, 0.25) is 0 Å². The van der Waals surface area contributed by atoms with Crippen molar-refractivity contribution in [1.82, 2.24) is 15.4 Å². The number of aromatic nitrogens is 1. The van der Waals surface area contributed by atoms with Crippen LogP contribution in [0.4, 0.5) is 0 Å². The second-order valence-corrected chi connectivity index (χ2v) is 9.22. The van der Waals surface area contributed by atoms with Crippen LogP contribution in [0.25, 0.3) is 11.0 Å². The molecular formula is C23H33N3O5. The van der Waals surface area contributed by atoms with E-state index in [1.165, 1.54) is 0 Å². The molecule has 0 amide bonds. The van der Waals surface area contributed by atoms with Gasteiger partial charge in [-0.3, -0.25) is 0 Å². The molecule has 4 heterocycles. The zero-order valence-electron chi connectivity index (χ0n) is 18.1. The Bertz CT molecular complexity index is 852. The summed E-state index contributed by atoms with van der Waals surface area (Å²) in [6, 6.07) is 5.79. The van der Waals surface area contributed by atoms with Gasteiger partial charge in [0.05, 0.1) is 12.2 Å². The number of β-amino-alcohol motifs (C(OH)–C–C–N with tert-alkyl or cyclic N) is 1. The van der Waals surface area contributed by atoms with Crippen LogP contribution in [0.3, 0.4) is 0 Å². The lowest BCUT2D eigenvalue weighted by molar-refractivity contribution is -0.0834. The summed E-state index contributed by atoms with van der Waals surface area (Å²) in [6.45, 7) is 6.50. The Morgan fingerprint density at radius 1 is 1.19 bits per heavy atom. The van der Waals surface area contributed by atoms with Crippen LogP contribution in [0.15, 0.2) is 22.7 Å². The maximum atomic E-state index is 10.8. The normalized spacial score (nSPS) is 25.1. The summed E-state index contributed by atoms with van der Waals surface area (Å²) in [4.78, 5) is 2.38. The molecule has 31 heavy (non-hydrogen) atoms. The zero-order chi connectivity index (χ0) is 21.1. The number of benzene rings is 1. The van der Waals surface area contributed by atoms with E-state index < -0.39 is 5.60 Å². The molecule has 2 aromatic rings. The smallest absolute Gasteiger partial charge is 0.265 e. The third kappa shape index (κ3) is 4.98. The van der Waals surface area contributed by atoms with Crippen molar-refractivity contribution in [3.05, 3.63) is 18.2 Å². The van der Waals surface area contributed by atoms with Gasteiger partial charge < -0.3 is 34.1 Å². The summed E-state index contributed by atoms with van der Waals surface area (Å²) in [5.74, 6) is 1.77. The van der Waals surface area contributed by atoms with Crippen molar-refractivity contribution in [2.24, 2.45) is 5.92 Å². The Hall–Kier alpha value is -1.87. The average Bonchev–Trinajstić information content (AvgIpc) is 3.44. The highest BCUT2D eigenvalue weighted by Gasteiger charge is 2.33. The molecule has 3 fully saturated rings. The van der Waals surface area contributed by atoms with E-state index in [-0.39, 0.29) is 6.10 Å². The lowest BCUT2D eigenvalue weighted by Gasteiger charge is -2.39. The minimum absolute atomic E-state index is 0.170. The molecule has 0 spiro atoms. The van der Waals surface area contributed by atoms with Gasteiger partial charge in [-0.05, 0) is 62.1 Å². The topological polar surface area (TPSA) is 89.2 Å². The number of nitrogens with one attached hydrogen (secondary N) is 1. The largest absolute Gasteiger partial charge is 0.488 e. The van der Waals surface area contributed by atoms with Crippen LogP contribution in [-0.4, -0.2) is 79.4 Å². The molecule has 5 rings (SSSR count). The lowest BCUT2D eigenvalue weighted by atomic mass is 9.91. The van der Waals surface area contributed by atoms with Crippen LogP contribution in [0.1, 0.15) is 32.1 Å². The SMILES string of the molecule is OC1(CN2CCC(COc3noc4cccc(OC5CCNC5)c34)CC2)CCOCC1. The Labute approximate surface area is 182 Å². The van der Waals surface area contributed by atoms with Crippen molar-refractivity contribution in [3.63, 3.8) is 0 Å². The van der Waals surface area contributed by atoms with Gasteiger partial charge in [-0.1, -0.05) is 6.07 Å². The molecular weight excluding hydrogens is 398 g/mol. The summed E-state index contributed by atoms with van der Waals surface area (Å²) in [6.07, 6.45) is 4.74. The minimum atomic E-state index is -0.591. The van der Waals surface area contributed by atoms with Gasteiger partial charge in [-0.2, -0.15) is 0 Å². The molecule has 3 saturated heterocycles. The number of nitrogens with zero attached hydrogens (tertiary/aromatic N) is 2. The predicted octanol–water partition coefficient (Wildman–Crippen LogP) is 2.20. The fourth-order valence-corrected chi connectivity index (χ4v) is 4.87. The van der Waals surface area contributed by atoms with E-state index in [0.717, 1.165) is 76.0 Å². The second kappa shape index (κ2) is 9.32. The van der Waals surface area contributed by atoms with Gasteiger partial charge in [0.25, 0.3) is 5.88 Å². The van der Waals surface area contributed by atoms with Crippen molar-refractivity contribution < 1.29 is 23.8 Å². The summed E-state index contributed by atoms with van der Waals surface area (Å²) in [5, 5.41) is 19.1. The fourth-order valence-electron chi connectivity index (χ4n) is 4.87. The number of hydrogen-bond donors (Lipinski definition) is 2. The van der Waals surface area contributed by atoms with Gasteiger partial charge in [0.1, 0.15) is 17.2 Å². The maximum absolute atomic E-state index is 10.8. The van der Waals surface area contributed by atoms with Crippen LogP contribution in [0.5, 0.6) is 11.6 Å². The quantitative estimate of drug-likeness (QED) is 0.690. The number of rotatable bonds is 7. The van der Waals surface area contributed by atoms with Crippen LogP contribution in [-0.2, 0) is 4.74 Å². The van der Waals surface area contributed by atoms with E-state index in [2.05, 4.69) is 15.4 Å². The standard InChI is InChI=1S/C23H33N3O5/c27-23(7-12-28-13-8-23)16-26-10-5-17(6-11-26)15-29-22-21-19(30-18-4-9-24-14-18)2-1-3-20(21)31-25-22/h1-3,17-18,24,27H,4-16H2. The Kier molecular flexibility index (Phi) is 6.31. The summed E-state index contributed by atoms with van der Waals surface area (Å²) in [7, 11) is 0. The number of aliphatic hydroxyl groups is 1. The van der Waals surface area contributed by atoms with Crippen LogP contribution in [0, 0.1) is 5.92 Å². The molecule has 8 heteroatoms. The molecule has 0 bridgehead atoms. The van der Waals surface area contributed by atoms with Crippen LogP contribution < -0.4 is 14.8 Å². The van der Waals surface area contributed by atoms with E-state index in [1.54, 1.807) is 0 Å². The number of hydrogen-bond acceptors (Lipinski definition) is 8. The van der Waals surface area contributed by atoms with E-state index in [9.17, 15) is 5.11 Å². The first-order valence-corrected chi connectivity index (χ1v) is 11.6. The van der Waals surface area contributed by atoms with Gasteiger partial charge in [-0.25, -0.2) is 0 Å². The molecule has 3 aliphatic rings. The summed E-state index contributed by atoms with van der Waals surface area (Å²) >= 11 is 0. The monoisotopic (exact) mass is 431 g/mol. The van der Waals surface area contributed by atoms with E-state index in [0.29, 0.717) is 37.2 Å². The van der Waals surface area contributed by atoms with Gasteiger partial charge >= 0.3 is 0 Å². The van der Waals surface area contributed by atoms with Crippen molar-refractivity contribution >= 4 is 11.0 Å². The average molecular weight is 432 g/mol. The third-order valence-corrected chi connectivity index (χ3v) is 6.84. The van der Waals surface area contributed by atoms with E-state index in [4.69, 9.17) is 18.7 Å². The Balaban J connectivity index is 1.15. The number of piperidine rings is 1. The molecule has 0 aliphatic carbocycles. The summed E-state index contributed by atoms with van der Waals surface area (Å²) in [5.41, 5.74) is 0.102. The van der Waals surface area contributed by atoms with Crippen molar-refractivity contribution in [2.45, 2.75) is 43.8 Å². The highest BCUT2D eigenvalue weighted by molar-refractivity contribution is 5.88. The van der Waals surface area contributed by atoms with Crippen molar-refractivity contribution in [2.75, 3.05) is 52.5 Å². The molecule has 3 aliphatic heterocycles. The molecule has 1 aromatic heterocycles. The van der Waals surface area contributed by atoms with E-state index in [1.807, 2.05) is 18.2 Å². The van der Waals surface area contributed by atoms with E-state index >= 15 is 0 Å². The first-order chi connectivity index (χ1) is 15.2. The highest BCUT2D eigenvalue weighted by Crippen LogP contribution is 2.35. The van der Waals surface area contributed by atoms with Crippen LogP contribution >= 0.6 is 0 Å². The lowest BCUT2D eigenvalue weighted by Crippen LogP contribution is -2.49. The molecule has 1 unspecified atom stereocenters. The molecule has 1 aromatic carbocycles. The molecule has 8 nitrogen and oxygen atoms in total. The third-order valence-electron chi connectivity index (χ3n) is 6.84. The second-order valence-electron chi connectivity index (χ2n) is 9.22. The molecule has 0 radical (unpaired) electrons. The highest BCUT2D eigenvalue weighted by atomic mass is 16.5. The number of ether oxygens (including phenoxy) is 3. The molecule has 2 N–H and O–H groups in total. The molecule has 0 saturated carbocycles. The predicted molar refractivity (Wildman–Crippen MR) is 116 cm³/mol. The maximum Gasteiger partial charge on any atom is 0.265 e. The van der Waals surface area contributed by atoms with Crippen molar-refractivity contribution in [1.29, 1.82) is 0 Å². The Morgan fingerprint density at radius 2 is 2.03 bits per heavy atom. The van der Waals surface area contributed by atoms with Gasteiger partial charge in [0, 0.05) is 39.1 Å². The minimum Gasteiger partial charge on any atom is -0.488 e. The molecule has 1 atom stereocenters. The Morgan fingerprint density at radius 3 is 2.81 bits per heavy atom. The molecule has 170 valence electrons.